The third kappa shape index (κ3) is 2.97. The van der Waals surface area contributed by atoms with Crippen molar-refractivity contribution in [2.75, 3.05) is 7.11 Å². The number of methoxy groups -OCH3 is 1. The maximum Gasteiger partial charge on any atom is 0.412 e. The fourth-order valence-corrected chi connectivity index (χ4v) is 1.50. The molecule has 110 valence electrons. The van der Waals surface area contributed by atoms with E-state index in [0.717, 1.165) is 27.0 Å². The molecule has 0 spiro atoms. The van der Waals surface area contributed by atoms with Crippen molar-refractivity contribution in [3.8, 4) is 5.75 Å². The Morgan fingerprint density at radius 1 is 1.15 bits per heavy atom. The van der Waals surface area contributed by atoms with Crippen molar-refractivity contribution in [1.29, 1.82) is 0 Å². The van der Waals surface area contributed by atoms with Crippen molar-refractivity contribution in [2.45, 2.75) is 20.0 Å². The molecule has 0 unspecified atom stereocenters. The minimum absolute atomic E-state index is 0.465. The Morgan fingerprint density at radius 2 is 1.70 bits per heavy atom. The molecule has 0 aliphatic carbocycles. The van der Waals surface area contributed by atoms with Crippen LogP contribution in [-0.2, 0) is 0 Å². The minimum atomic E-state index is -4.68. The molecule has 0 fully saturated rings. The van der Waals surface area contributed by atoms with Crippen molar-refractivity contribution < 1.29 is 31.5 Å². The third-order valence-electron chi connectivity index (χ3n) is 2.83. The van der Waals surface area contributed by atoms with Crippen LogP contribution >= 0.6 is 0 Å². The predicted molar refractivity (Wildman–Crippen MR) is 61.7 cm³/mol. The van der Waals surface area contributed by atoms with E-state index in [1.165, 1.54) is 0 Å². The molecule has 0 N–H and O–H groups in total. The number of Topliss-reactive ketones (excluding diaryl/α,β-unsaturated/α-hetero) is 1. The molecular weight excluding hydrogens is 283 g/mol. The quantitative estimate of drug-likeness (QED) is 0.477. The van der Waals surface area contributed by atoms with Crippen LogP contribution in [0, 0.1) is 11.6 Å². The topological polar surface area (TPSA) is 26.3 Å². The van der Waals surface area contributed by atoms with E-state index in [0.29, 0.717) is 6.07 Å². The average molecular weight is 294 g/mol. The zero-order valence-electron chi connectivity index (χ0n) is 10.9. The molecule has 0 saturated carbocycles. The van der Waals surface area contributed by atoms with Gasteiger partial charge in [-0.15, -0.1) is 0 Å². The first kappa shape index (κ1) is 16.1. The van der Waals surface area contributed by atoms with Gasteiger partial charge in [0.1, 0.15) is 0 Å². The first-order valence-electron chi connectivity index (χ1n) is 5.42. The number of hydrogen-bond acceptors (Lipinski definition) is 2. The highest BCUT2D eigenvalue weighted by Crippen LogP contribution is 2.32. The lowest BCUT2D eigenvalue weighted by Gasteiger charge is -2.13. The highest BCUT2D eigenvalue weighted by Gasteiger charge is 2.34. The Bertz CT molecular complexity index is 573. The largest absolute Gasteiger partial charge is 0.493 e. The minimum Gasteiger partial charge on any atom is -0.493 e. The summed E-state index contributed by atoms with van der Waals surface area (Å²) < 4.78 is 68.6. The van der Waals surface area contributed by atoms with Crippen LogP contribution < -0.4 is 4.74 Å². The highest BCUT2D eigenvalue weighted by atomic mass is 19.4. The highest BCUT2D eigenvalue weighted by molar-refractivity contribution is 6.10. The van der Waals surface area contributed by atoms with Crippen LogP contribution in [0.15, 0.2) is 23.3 Å². The van der Waals surface area contributed by atoms with Gasteiger partial charge < -0.3 is 4.74 Å². The fraction of sp³-hybridized carbons (Fsp3) is 0.308. The van der Waals surface area contributed by atoms with Crippen LogP contribution in [0.25, 0.3) is 0 Å². The van der Waals surface area contributed by atoms with Gasteiger partial charge in [0, 0.05) is 11.1 Å². The SMILES string of the molecule is COc1c(C(=O)/C(C)=C(/C)C(F)(F)F)ccc(F)c1F. The van der Waals surface area contributed by atoms with Crippen LogP contribution in [-0.4, -0.2) is 19.1 Å². The summed E-state index contributed by atoms with van der Waals surface area (Å²) >= 11 is 0. The van der Waals surface area contributed by atoms with Crippen molar-refractivity contribution in [3.63, 3.8) is 0 Å². The Hall–Kier alpha value is -1.92. The lowest BCUT2D eigenvalue weighted by molar-refractivity contribution is -0.0920. The standard InChI is InChI=1S/C13H11F5O2/c1-6(7(2)13(16,17)18)11(19)8-4-5-9(14)10(15)12(8)20-3/h4-5H,1-3H3/b7-6-. The van der Waals surface area contributed by atoms with Gasteiger partial charge in [0.2, 0.25) is 5.82 Å². The Balaban J connectivity index is 3.40. The van der Waals surface area contributed by atoms with Crippen molar-refractivity contribution >= 4 is 5.78 Å². The maximum absolute atomic E-state index is 13.4. The number of allylic oxidation sites excluding steroid dienone is 2. The van der Waals surface area contributed by atoms with E-state index in [1.54, 1.807) is 0 Å². The average Bonchev–Trinajstić information content (AvgIpc) is 2.38. The van der Waals surface area contributed by atoms with E-state index in [4.69, 9.17) is 0 Å². The number of hydrogen-bond donors (Lipinski definition) is 0. The van der Waals surface area contributed by atoms with Crippen molar-refractivity contribution in [1.82, 2.24) is 0 Å². The van der Waals surface area contributed by atoms with Crippen molar-refractivity contribution in [3.05, 3.63) is 40.5 Å². The summed E-state index contributed by atoms with van der Waals surface area (Å²) in [5.74, 6) is -4.47. The molecule has 2 nitrogen and oxygen atoms in total. The maximum atomic E-state index is 13.4. The van der Waals surface area contributed by atoms with E-state index in [1.807, 2.05) is 0 Å². The van der Waals surface area contributed by atoms with Gasteiger partial charge in [-0.25, -0.2) is 4.39 Å². The van der Waals surface area contributed by atoms with Crippen LogP contribution in [0.2, 0.25) is 0 Å². The molecule has 0 aromatic heterocycles. The predicted octanol–water partition coefficient (Wildman–Crippen LogP) is 4.05. The Kier molecular flexibility index (Phi) is 4.52. The smallest absolute Gasteiger partial charge is 0.412 e. The second-order valence-electron chi connectivity index (χ2n) is 4.02. The molecule has 0 amide bonds. The number of halogens is 5. The molecular formula is C13H11F5O2. The van der Waals surface area contributed by atoms with Gasteiger partial charge in [0.05, 0.1) is 12.7 Å². The van der Waals surface area contributed by atoms with E-state index in [2.05, 4.69) is 4.74 Å². The second kappa shape index (κ2) is 5.60. The Labute approximate surface area is 111 Å². The van der Waals surface area contributed by atoms with Crippen LogP contribution in [0.4, 0.5) is 22.0 Å². The first-order chi connectivity index (χ1) is 9.11. The molecule has 0 atom stereocenters. The molecule has 0 aliphatic rings. The monoisotopic (exact) mass is 294 g/mol. The van der Waals surface area contributed by atoms with E-state index in [9.17, 15) is 26.7 Å². The van der Waals surface area contributed by atoms with Gasteiger partial charge >= 0.3 is 6.18 Å². The normalized spacial score (nSPS) is 13.0. The number of benzene rings is 1. The summed E-state index contributed by atoms with van der Waals surface area (Å²) in [6.45, 7) is 1.70. The summed E-state index contributed by atoms with van der Waals surface area (Å²) in [6, 6.07) is 1.54. The molecule has 7 heteroatoms. The second-order valence-corrected chi connectivity index (χ2v) is 4.02. The van der Waals surface area contributed by atoms with Crippen LogP contribution in [0.3, 0.4) is 0 Å². The number of carbonyl (C=O) groups excluding carboxylic acids is 1. The number of alkyl halides is 3. The molecule has 0 saturated heterocycles. The molecule has 0 radical (unpaired) electrons. The fourth-order valence-electron chi connectivity index (χ4n) is 1.50. The van der Waals surface area contributed by atoms with Gasteiger partial charge in [-0.2, -0.15) is 17.6 Å². The number of ketones is 1. The molecule has 0 heterocycles. The van der Waals surface area contributed by atoms with Gasteiger partial charge in [-0.1, -0.05) is 0 Å². The lowest BCUT2D eigenvalue weighted by Crippen LogP contribution is -2.15. The van der Waals surface area contributed by atoms with E-state index in [-0.39, 0.29) is 0 Å². The van der Waals surface area contributed by atoms with Gasteiger partial charge in [-0.3, -0.25) is 4.79 Å². The molecule has 1 aromatic carbocycles. The zero-order chi connectivity index (χ0) is 15.7. The Morgan fingerprint density at radius 3 is 2.15 bits per heavy atom. The molecule has 1 aromatic rings. The molecule has 0 aliphatic heterocycles. The molecule has 0 bridgehead atoms. The van der Waals surface area contributed by atoms with Crippen LogP contribution in [0.1, 0.15) is 24.2 Å². The molecule has 1 rings (SSSR count). The summed E-state index contributed by atoms with van der Waals surface area (Å²) in [5, 5.41) is 0. The number of carbonyl (C=O) groups is 1. The first-order valence-corrected chi connectivity index (χ1v) is 5.42. The van der Waals surface area contributed by atoms with Gasteiger partial charge in [-0.05, 0) is 26.0 Å². The van der Waals surface area contributed by atoms with Crippen LogP contribution in [0.5, 0.6) is 5.75 Å². The van der Waals surface area contributed by atoms with E-state index >= 15 is 0 Å². The number of ether oxygens (including phenoxy) is 1. The summed E-state index contributed by atoms with van der Waals surface area (Å²) in [4.78, 5) is 11.9. The third-order valence-corrected chi connectivity index (χ3v) is 2.83. The van der Waals surface area contributed by atoms with Crippen molar-refractivity contribution in [2.24, 2.45) is 0 Å². The summed E-state index contributed by atoms with van der Waals surface area (Å²) in [7, 11) is 0.990. The molecule has 20 heavy (non-hydrogen) atoms. The number of rotatable bonds is 3. The summed E-state index contributed by atoms with van der Waals surface area (Å²) in [6.07, 6.45) is -4.68. The van der Waals surface area contributed by atoms with Gasteiger partial charge in [0.25, 0.3) is 0 Å². The summed E-state index contributed by atoms with van der Waals surface area (Å²) in [5.41, 5.74) is -2.18. The lowest BCUT2D eigenvalue weighted by atomic mass is 9.99. The van der Waals surface area contributed by atoms with E-state index < -0.39 is 46.1 Å². The van der Waals surface area contributed by atoms with Gasteiger partial charge in [0.15, 0.2) is 17.3 Å². The zero-order valence-corrected chi connectivity index (χ0v) is 10.9.